The Labute approximate surface area is 109 Å². The van der Waals surface area contributed by atoms with Gasteiger partial charge in [0.05, 0.1) is 19.8 Å². The Kier molecular flexibility index (Phi) is 5.95. The fraction of sp³-hybridized carbons (Fsp3) is 0.571. The lowest BCUT2D eigenvalue weighted by molar-refractivity contribution is 0.0625. The maximum Gasteiger partial charge on any atom is 0.162 e. The molecule has 0 saturated carbocycles. The molecular weight excluding hydrogens is 230 g/mol. The first-order valence-corrected chi connectivity index (χ1v) is 6.19. The molecule has 0 aromatic heterocycles. The van der Waals surface area contributed by atoms with Gasteiger partial charge in [-0.1, -0.05) is 12.1 Å². The summed E-state index contributed by atoms with van der Waals surface area (Å²) >= 11 is 0. The van der Waals surface area contributed by atoms with Crippen molar-refractivity contribution in [1.29, 1.82) is 0 Å². The number of methoxy groups -OCH3 is 1. The van der Waals surface area contributed by atoms with Crippen molar-refractivity contribution in [1.82, 2.24) is 4.90 Å². The van der Waals surface area contributed by atoms with Crippen molar-refractivity contribution in [2.75, 3.05) is 27.3 Å². The average Bonchev–Trinajstić information content (AvgIpc) is 2.31. The van der Waals surface area contributed by atoms with E-state index < -0.39 is 0 Å². The summed E-state index contributed by atoms with van der Waals surface area (Å²) < 4.78 is 10.6. The number of hydrogen-bond acceptors (Lipinski definition) is 4. The van der Waals surface area contributed by atoms with Crippen molar-refractivity contribution >= 4 is 0 Å². The predicted octanol–water partition coefficient (Wildman–Crippen LogP) is 2.26. The van der Waals surface area contributed by atoms with E-state index in [0.717, 1.165) is 12.1 Å². The largest absolute Gasteiger partial charge is 0.504 e. The van der Waals surface area contributed by atoms with Crippen molar-refractivity contribution in [2.24, 2.45) is 0 Å². The molecule has 0 aliphatic carbocycles. The van der Waals surface area contributed by atoms with Crippen LogP contribution in [0.15, 0.2) is 18.2 Å². The van der Waals surface area contributed by atoms with Crippen molar-refractivity contribution in [2.45, 2.75) is 26.5 Å². The van der Waals surface area contributed by atoms with Crippen LogP contribution in [-0.4, -0.2) is 43.4 Å². The van der Waals surface area contributed by atoms with Crippen LogP contribution < -0.4 is 4.74 Å². The van der Waals surface area contributed by atoms with E-state index in [-0.39, 0.29) is 11.9 Å². The first-order chi connectivity index (χ1) is 8.54. The maximum atomic E-state index is 9.97. The van der Waals surface area contributed by atoms with Gasteiger partial charge in [-0.2, -0.15) is 0 Å². The van der Waals surface area contributed by atoms with Crippen molar-refractivity contribution in [3.63, 3.8) is 0 Å². The van der Waals surface area contributed by atoms with Crippen LogP contribution in [0.2, 0.25) is 0 Å². The number of phenolic OH excluding ortho intramolecular Hbond substituents is 1. The molecule has 0 fully saturated rings. The highest BCUT2D eigenvalue weighted by Crippen LogP contribution is 2.29. The maximum absolute atomic E-state index is 9.97. The molecule has 0 aliphatic heterocycles. The van der Waals surface area contributed by atoms with Gasteiger partial charge in [0.15, 0.2) is 11.5 Å². The number of aromatic hydroxyl groups is 1. The minimum Gasteiger partial charge on any atom is -0.504 e. The summed E-state index contributed by atoms with van der Waals surface area (Å²) in [6.07, 6.45) is 0.253. The molecule has 0 radical (unpaired) electrons. The number of likely N-dealkylation sites (N-methyl/N-ethyl adjacent to an activating group) is 1. The van der Waals surface area contributed by atoms with Gasteiger partial charge < -0.3 is 14.6 Å². The van der Waals surface area contributed by atoms with Crippen LogP contribution in [0.5, 0.6) is 11.5 Å². The first-order valence-electron chi connectivity index (χ1n) is 6.19. The third-order valence-electron chi connectivity index (χ3n) is 2.67. The lowest BCUT2D eigenvalue weighted by Gasteiger charge is -2.18. The third kappa shape index (κ3) is 4.55. The molecule has 4 heteroatoms. The Bertz CT molecular complexity index is 366. The summed E-state index contributed by atoms with van der Waals surface area (Å²) in [6, 6.07) is 5.53. The number of nitrogens with zero attached hydrogens (tertiary/aromatic N) is 1. The quantitative estimate of drug-likeness (QED) is 0.809. The summed E-state index contributed by atoms with van der Waals surface area (Å²) in [6.45, 7) is 6.24. The van der Waals surface area contributed by atoms with E-state index in [4.69, 9.17) is 9.47 Å². The molecule has 1 rings (SSSR count). The molecule has 0 spiro atoms. The number of ether oxygens (including phenoxy) is 2. The van der Waals surface area contributed by atoms with Gasteiger partial charge in [0.2, 0.25) is 0 Å². The molecule has 0 heterocycles. The summed E-state index contributed by atoms with van der Waals surface area (Å²) in [5.41, 5.74) is 0.862. The highest BCUT2D eigenvalue weighted by atomic mass is 16.5. The molecule has 0 atom stereocenters. The molecule has 102 valence electrons. The zero-order valence-corrected chi connectivity index (χ0v) is 11.6. The molecule has 0 aliphatic rings. The van der Waals surface area contributed by atoms with Crippen LogP contribution in [0, 0.1) is 0 Å². The molecular formula is C14H23NO3. The normalized spacial score (nSPS) is 11.2. The van der Waals surface area contributed by atoms with E-state index in [9.17, 15) is 5.11 Å². The van der Waals surface area contributed by atoms with Crippen LogP contribution in [0.4, 0.5) is 0 Å². The Hall–Kier alpha value is -1.26. The third-order valence-corrected chi connectivity index (χ3v) is 2.67. The molecule has 0 saturated heterocycles. The van der Waals surface area contributed by atoms with Gasteiger partial charge >= 0.3 is 0 Å². The first kappa shape index (κ1) is 14.8. The van der Waals surface area contributed by atoms with Crippen LogP contribution >= 0.6 is 0 Å². The highest BCUT2D eigenvalue weighted by molar-refractivity contribution is 5.45. The second-order valence-electron chi connectivity index (χ2n) is 4.63. The summed E-state index contributed by atoms with van der Waals surface area (Å²) in [7, 11) is 3.56. The molecule has 18 heavy (non-hydrogen) atoms. The van der Waals surface area contributed by atoms with Gasteiger partial charge in [0, 0.05) is 18.7 Å². The predicted molar refractivity (Wildman–Crippen MR) is 72.1 cm³/mol. The zero-order valence-electron chi connectivity index (χ0n) is 11.6. The van der Waals surface area contributed by atoms with Gasteiger partial charge in [-0.3, -0.25) is 4.90 Å². The van der Waals surface area contributed by atoms with Gasteiger partial charge in [0.25, 0.3) is 0 Å². The van der Waals surface area contributed by atoms with Crippen molar-refractivity contribution in [3.05, 3.63) is 23.8 Å². The average molecular weight is 253 g/mol. The van der Waals surface area contributed by atoms with Crippen LogP contribution in [0.3, 0.4) is 0 Å². The number of benzene rings is 1. The highest BCUT2D eigenvalue weighted by Gasteiger charge is 2.09. The fourth-order valence-corrected chi connectivity index (χ4v) is 1.67. The molecule has 1 aromatic rings. The van der Waals surface area contributed by atoms with Crippen LogP contribution in [0.1, 0.15) is 19.4 Å². The topological polar surface area (TPSA) is 41.9 Å². The Balaban J connectivity index is 2.51. The number of rotatable bonds is 7. The van der Waals surface area contributed by atoms with E-state index in [1.807, 2.05) is 33.0 Å². The molecule has 4 nitrogen and oxygen atoms in total. The molecule has 0 amide bonds. The minimum absolute atomic E-state index is 0.219. The lowest BCUT2D eigenvalue weighted by Crippen LogP contribution is -2.24. The van der Waals surface area contributed by atoms with E-state index >= 15 is 0 Å². The van der Waals surface area contributed by atoms with E-state index in [2.05, 4.69) is 4.90 Å². The smallest absolute Gasteiger partial charge is 0.162 e. The van der Waals surface area contributed by atoms with Crippen molar-refractivity contribution < 1.29 is 14.6 Å². The van der Waals surface area contributed by atoms with Crippen LogP contribution in [0.25, 0.3) is 0 Å². The SMILES string of the molecule is COc1cccc(CN(C)CCOC(C)C)c1O. The second-order valence-corrected chi connectivity index (χ2v) is 4.63. The monoisotopic (exact) mass is 253 g/mol. The standard InChI is InChI=1S/C14H23NO3/c1-11(2)18-9-8-15(3)10-12-6-5-7-13(17-4)14(12)16/h5-7,11,16H,8-10H2,1-4H3. The Morgan fingerprint density at radius 1 is 1.33 bits per heavy atom. The minimum atomic E-state index is 0.219. The van der Waals surface area contributed by atoms with Gasteiger partial charge in [-0.25, -0.2) is 0 Å². The van der Waals surface area contributed by atoms with Gasteiger partial charge in [-0.15, -0.1) is 0 Å². The van der Waals surface area contributed by atoms with E-state index in [0.29, 0.717) is 18.9 Å². The van der Waals surface area contributed by atoms with Gasteiger partial charge in [0.1, 0.15) is 0 Å². The van der Waals surface area contributed by atoms with Crippen LogP contribution in [-0.2, 0) is 11.3 Å². The zero-order chi connectivity index (χ0) is 13.5. The molecule has 1 aromatic carbocycles. The van der Waals surface area contributed by atoms with E-state index in [1.165, 1.54) is 0 Å². The Morgan fingerprint density at radius 2 is 2.06 bits per heavy atom. The summed E-state index contributed by atoms with van der Waals surface area (Å²) in [5.74, 6) is 0.732. The summed E-state index contributed by atoms with van der Waals surface area (Å²) in [5, 5.41) is 9.97. The number of hydrogen-bond donors (Lipinski definition) is 1. The number of phenols is 1. The Morgan fingerprint density at radius 3 is 2.67 bits per heavy atom. The van der Waals surface area contributed by atoms with Gasteiger partial charge in [-0.05, 0) is 27.0 Å². The lowest BCUT2D eigenvalue weighted by atomic mass is 10.2. The molecule has 0 bridgehead atoms. The van der Waals surface area contributed by atoms with Crippen molar-refractivity contribution in [3.8, 4) is 11.5 Å². The van der Waals surface area contributed by atoms with E-state index in [1.54, 1.807) is 13.2 Å². The summed E-state index contributed by atoms with van der Waals surface area (Å²) in [4.78, 5) is 2.11. The molecule has 0 unspecified atom stereocenters. The fourth-order valence-electron chi connectivity index (χ4n) is 1.67. The second kappa shape index (κ2) is 7.24. The molecule has 1 N–H and O–H groups in total. The number of para-hydroxylation sites is 1.